The van der Waals surface area contributed by atoms with Gasteiger partial charge in [0.25, 0.3) is 0 Å². The Labute approximate surface area is 82.1 Å². The average molecular weight is 195 g/mol. The van der Waals surface area contributed by atoms with E-state index in [2.05, 4.69) is 18.1 Å². The van der Waals surface area contributed by atoms with Crippen molar-refractivity contribution in [3.05, 3.63) is 29.2 Å². The molecule has 0 aromatic carbocycles. The molecule has 13 heavy (non-hydrogen) atoms. The van der Waals surface area contributed by atoms with Crippen molar-refractivity contribution >= 4 is 22.5 Å². The Morgan fingerprint density at radius 1 is 1.54 bits per heavy atom. The standard InChI is InChI=1S/C10H11ClN2/c1-3-7-6-13(2)9-8(7)4-5-12-10(9)11/h4-6H,3H2,1-2H3. The molecule has 3 heteroatoms. The second-order valence-electron chi connectivity index (χ2n) is 3.12. The number of aromatic nitrogens is 2. The molecule has 0 aliphatic carbocycles. The number of rotatable bonds is 1. The summed E-state index contributed by atoms with van der Waals surface area (Å²) in [5.74, 6) is 0. The fourth-order valence-corrected chi connectivity index (χ4v) is 1.96. The highest BCUT2D eigenvalue weighted by atomic mass is 35.5. The second kappa shape index (κ2) is 3.04. The molecule has 2 aromatic rings. The molecular formula is C10H11ClN2. The lowest BCUT2D eigenvalue weighted by molar-refractivity contribution is 0.951. The van der Waals surface area contributed by atoms with Crippen LogP contribution in [0.5, 0.6) is 0 Å². The third kappa shape index (κ3) is 1.22. The molecule has 0 aliphatic rings. The molecule has 0 bridgehead atoms. The van der Waals surface area contributed by atoms with Gasteiger partial charge in [-0.05, 0) is 18.1 Å². The lowest BCUT2D eigenvalue weighted by Crippen LogP contribution is -1.85. The minimum atomic E-state index is 0.583. The van der Waals surface area contributed by atoms with E-state index in [9.17, 15) is 0 Å². The minimum absolute atomic E-state index is 0.583. The molecule has 68 valence electrons. The van der Waals surface area contributed by atoms with Crippen LogP contribution in [-0.4, -0.2) is 9.55 Å². The third-order valence-electron chi connectivity index (χ3n) is 2.31. The van der Waals surface area contributed by atoms with Gasteiger partial charge < -0.3 is 4.57 Å². The van der Waals surface area contributed by atoms with Crippen LogP contribution in [0.2, 0.25) is 5.15 Å². The Hall–Kier alpha value is -1.02. The number of hydrogen-bond donors (Lipinski definition) is 0. The predicted octanol–water partition coefficient (Wildman–Crippen LogP) is 2.79. The summed E-state index contributed by atoms with van der Waals surface area (Å²) in [6.07, 6.45) is 4.89. The molecule has 0 fully saturated rings. The monoisotopic (exact) mass is 194 g/mol. The van der Waals surface area contributed by atoms with E-state index in [0.29, 0.717) is 5.15 Å². The van der Waals surface area contributed by atoms with E-state index in [1.807, 2.05) is 17.7 Å². The van der Waals surface area contributed by atoms with Gasteiger partial charge >= 0.3 is 0 Å². The fraction of sp³-hybridized carbons (Fsp3) is 0.300. The maximum atomic E-state index is 6.00. The van der Waals surface area contributed by atoms with Crippen LogP contribution < -0.4 is 0 Å². The van der Waals surface area contributed by atoms with Crippen molar-refractivity contribution in [2.45, 2.75) is 13.3 Å². The number of hydrogen-bond acceptors (Lipinski definition) is 1. The summed E-state index contributed by atoms with van der Waals surface area (Å²) in [6.45, 7) is 2.14. The third-order valence-corrected chi connectivity index (χ3v) is 2.59. The van der Waals surface area contributed by atoms with Gasteiger partial charge in [-0.3, -0.25) is 0 Å². The summed E-state index contributed by atoms with van der Waals surface area (Å²) in [4.78, 5) is 4.06. The molecule has 0 aliphatic heterocycles. The Bertz CT molecular complexity index is 445. The van der Waals surface area contributed by atoms with E-state index in [1.165, 1.54) is 10.9 Å². The average Bonchev–Trinajstić information content (AvgIpc) is 2.44. The van der Waals surface area contributed by atoms with Crippen molar-refractivity contribution in [3.63, 3.8) is 0 Å². The zero-order chi connectivity index (χ0) is 9.42. The van der Waals surface area contributed by atoms with E-state index in [0.717, 1.165) is 11.9 Å². The van der Waals surface area contributed by atoms with Gasteiger partial charge in [-0.2, -0.15) is 0 Å². The van der Waals surface area contributed by atoms with Gasteiger partial charge in [0, 0.05) is 24.8 Å². The summed E-state index contributed by atoms with van der Waals surface area (Å²) >= 11 is 6.00. The quantitative estimate of drug-likeness (QED) is 0.639. The number of nitrogens with zero attached hydrogens (tertiary/aromatic N) is 2. The fourth-order valence-electron chi connectivity index (χ4n) is 1.67. The largest absolute Gasteiger partial charge is 0.348 e. The van der Waals surface area contributed by atoms with Crippen LogP contribution in [0.25, 0.3) is 10.9 Å². The molecule has 0 amide bonds. The summed E-state index contributed by atoms with van der Waals surface area (Å²) in [5, 5.41) is 1.80. The Kier molecular flexibility index (Phi) is 2.00. The van der Waals surface area contributed by atoms with Gasteiger partial charge in [0.2, 0.25) is 0 Å². The van der Waals surface area contributed by atoms with E-state index < -0.39 is 0 Å². The smallest absolute Gasteiger partial charge is 0.153 e. The molecule has 0 atom stereocenters. The Balaban J connectivity index is 2.87. The highest BCUT2D eigenvalue weighted by molar-refractivity contribution is 6.33. The molecule has 0 saturated carbocycles. The van der Waals surface area contributed by atoms with Crippen LogP contribution in [0.1, 0.15) is 12.5 Å². The van der Waals surface area contributed by atoms with Gasteiger partial charge in [0.15, 0.2) is 5.15 Å². The van der Waals surface area contributed by atoms with Crippen LogP contribution in [0.3, 0.4) is 0 Å². The molecule has 2 nitrogen and oxygen atoms in total. The zero-order valence-electron chi connectivity index (χ0n) is 7.71. The van der Waals surface area contributed by atoms with Crippen molar-refractivity contribution < 1.29 is 0 Å². The molecule has 0 unspecified atom stereocenters. The lowest BCUT2D eigenvalue weighted by Gasteiger charge is -1.96. The summed E-state index contributed by atoms with van der Waals surface area (Å²) in [7, 11) is 2.00. The van der Waals surface area contributed by atoms with Crippen LogP contribution in [0, 0.1) is 0 Å². The summed E-state index contributed by atoms with van der Waals surface area (Å²) in [5.41, 5.74) is 2.35. The molecule has 2 rings (SSSR count). The molecule has 2 heterocycles. The van der Waals surface area contributed by atoms with Crippen molar-refractivity contribution in [2.24, 2.45) is 7.05 Å². The second-order valence-corrected chi connectivity index (χ2v) is 3.47. The van der Waals surface area contributed by atoms with E-state index in [1.54, 1.807) is 6.20 Å². The first-order chi connectivity index (χ1) is 6.24. The summed E-state index contributed by atoms with van der Waals surface area (Å²) < 4.78 is 2.03. The van der Waals surface area contributed by atoms with Crippen LogP contribution in [-0.2, 0) is 13.5 Å². The first-order valence-corrected chi connectivity index (χ1v) is 4.70. The highest BCUT2D eigenvalue weighted by Crippen LogP contribution is 2.25. The highest BCUT2D eigenvalue weighted by Gasteiger charge is 2.07. The number of fused-ring (bicyclic) bond motifs is 1. The van der Waals surface area contributed by atoms with Crippen LogP contribution in [0.15, 0.2) is 18.5 Å². The molecule has 2 aromatic heterocycles. The van der Waals surface area contributed by atoms with Crippen LogP contribution in [0.4, 0.5) is 0 Å². The van der Waals surface area contributed by atoms with Gasteiger partial charge in [0.05, 0.1) is 5.52 Å². The van der Waals surface area contributed by atoms with E-state index >= 15 is 0 Å². The maximum absolute atomic E-state index is 6.00. The molecule has 0 saturated heterocycles. The van der Waals surface area contributed by atoms with Gasteiger partial charge in [-0.1, -0.05) is 18.5 Å². The van der Waals surface area contributed by atoms with Crippen molar-refractivity contribution in [3.8, 4) is 0 Å². The first kappa shape index (κ1) is 8.57. The minimum Gasteiger partial charge on any atom is -0.348 e. The maximum Gasteiger partial charge on any atom is 0.153 e. The van der Waals surface area contributed by atoms with E-state index in [4.69, 9.17) is 11.6 Å². The SMILES string of the molecule is CCc1cn(C)c2c(Cl)nccc12. The topological polar surface area (TPSA) is 17.8 Å². The predicted molar refractivity (Wildman–Crippen MR) is 55.1 cm³/mol. The van der Waals surface area contributed by atoms with Gasteiger partial charge in [0.1, 0.15) is 0 Å². The zero-order valence-corrected chi connectivity index (χ0v) is 8.47. The molecule has 0 spiro atoms. The van der Waals surface area contributed by atoms with Crippen molar-refractivity contribution in [2.75, 3.05) is 0 Å². The summed E-state index contributed by atoms with van der Waals surface area (Å²) in [6, 6.07) is 2.01. The Morgan fingerprint density at radius 2 is 2.31 bits per heavy atom. The van der Waals surface area contributed by atoms with E-state index in [-0.39, 0.29) is 0 Å². The number of aryl methyl sites for hydroxylation is 2. The normalized spacial score (nSPS) is 11.0. The molecule has 0 N–H and O–H groups in total. The number of pyridine rings is 1. The van der Waals surface area contributed by atoms with Crippen LogP contribution >= 0.6 is 11.6 Å². The van der Waals surface area contributed by atoms with Gasteiger partial charge in [-0.15, -0.1) is 0 Å². The van der Waals surface area contributed by atoms with Crippen molar-refractivity contribution in [1.82, 2.24) is 9.55 Å². The lowest BCUT2D eigenvalue weighted by atomic mass is 10.2. The van der Waals surface area contributed by atoms with Crippen molar-refractivity contribution in [1.29, 1.82) is 0 Å². The first-order valence-electron chi connectivity index (χ1n) is 4.32. The molecular weight excluding hydrogens is 184 g/mol. The number of halogens is 1. The van der Waals surface area contributed by atoms with Gasteiger partial charge in [-0.25, -0.2) is 4.98 Å². The molecule has 0 radical (unpaired) electrons. The Morgan fingerprint density at radius 3 is 3.00 bits per heavy atom.